The second-order valence-electron chi connectivity index (χ2n) is 3.59. The van der Waals surface area contributed by atoms with E-state index < -0.39 is 0 Å². The number of benzene rings is 1. The summed E-state index contributed by atoms with van der Waals surface area (Å²) >= 11 is 5.85. The van der Waals surface area contributed by atoms with Crippen LogP contribution in [0.5, 0.6) is 0 Å². The topological polar surface area (TPSA) is 12.0 Å². The number of nitrogens with one attached hydrogen (secondary N) is 1. The number of hydrogen-bond donors (Lipinski definition) is 1. The van der Waals surface area contributed by atoms with Crippen molar-refractivity contribution >= 4 is 11.6 Å². The van der Waals surface area contributed by atoms with Crippen molar-refractivity contribution < 1.29 is 0 Å². The summed E-state index contributed by atoms with van der Waals surface area (Å²) in [5.41, 5.74) is 1.38. The molecular weight excluding hydrogens is 194 g/mol. The Morgan fingerprint density at radius 1 is 1.29 bits per heavy atom. The predicted octanol–water partition coefficient (Wildman–Crippen LogP) is 3.44. The van der Waals surface area contributed by atoms with Crippen LogP contribution in [0.4, 0.5) is 0 Å². The van der Waals surface area contributed by atoms with Gasteiger partial charge in [0.2, 0.25) is 0 Å². The van der Waals surface area contributed by atoms with Gasteiger partial charge in [0, 0.05) is 11.6 Å². The van der Waals surface area contributed by atoms with Crippen LogP contribution in [0.3, 0.4) is 0 Å². The Morgan fingerprint density at radius 2 is 1.93 bits per heavy atom. The summed E-state index contributed by atoms with van der Waals surface area (Å²) in [6.45, 7) is 3.26. The molecule has 2 heteroatoms. The Kier molecular flexibility index (Phi) is 4.99. The van der Waals surface area contributed by atoms with Crippen LogP contribution < -0.4 is 5.32 Å². The van der Waals surface area contributed by atoms with E-state index in [4.69, 9.17) is 11.6 Å². The molecule has 1 nitrogen and oxygen atoms in total. The highest BCUT2D eigenvalue weighted by Crippen LogP contribution is 2.22. The highest BCUT2D eigenvalue weighted by molar-refractivity contribution is 6.30. The van der Waals surface area contributed by atoms with Crippen LogP contribution in [0.1, 0.15) is 31.2 Å². The third kappa shape index (κ3) is 3.32. The normalized spacial score (nSPS) is 12.8. The smallest absolute Gasteiger partial charge is 0.0406 e. The molecular formula is C12H18ClN. The molecule has 14 heavy (non-hydrogen) atoms. The van der Waals surface area contributed by atoms with Gasteiger partial charge in [0.25, 0.3) is 0 Å². The van der Waals surface area contributed by atoms with E-state index in [9.17, 15) is 0 Å². The predicted molar refractivity (Wildman–Crippen MR) is 63.0 cm³/mol. The first kappa shape index (κ1) is 11.5. The van der Waals surface area contributed by atoms with Gasteiger partial charge < -0.3 is 5.32 Å². The van der Waals surface area contributed by atoms with E-state index in [0.29, 0.717) is 5.92 Å². The van der Waals surface area contributed by atoms with E-state index >= 15 is 0 Å². The lowest BCUT2D eigenvalue weighted by molar-refractivity contribution is 0.576. The van der Waals surface area contributed by atoms with Gasteiger partial charge in [-0.3, -0.25) is 0 Å². The summed E-state index contributed by atoms with van der Waals surface area (Å²) in [4.78, 5) is 0. The lowest BCUT2D eigenvalue weighted by Crippen LogP contribution is -2.17. The second-order valence-corrected chi connectivity index (χ2v) is 4.03. The fourth-order valence-electron chi connectivity index (χ4n) is 1.72. The van der Waals surface area contributed by atoms with Crippen LogP contribution >= 0.6 is 11.6 Å². The molecule has 1 N–H and O–H groups in total. The number of halogens is 1. The van der Waals surface area contributed by atoms with Crippen LogP contribution in [0.2, 0.25) is 5.02 Å². The molecule has 0 saturated carbocycles. The zero-order valence-electron chi connectivity index (χ0n) is 8.89. The van der Waals surface area contributed by atoms with Crippen LogP contribution in [0.25, 0.3) is 0 Å². The molecule has 0 aliphatic heterocycles. The molecule has 0 radical (unpaired) electrons. The molecule has 0 aromatic heterocycles. The Morgan fingerprint density at radius 3 is 2.43 bits per heavy atom. The molecule has 0 aliphatic carbocycles. The monoisotopic (exact) mass is 211 g/mol. The summed E-state index contributed by atoms with van der Waals surface area (Å²) in [7, 11) is 2.00. The number of likely N-dealkylation sites (N-methyl/N-ethyl adjacent to an activating group) is 1. The molecule has 0 heterocycles. The standard InChI is InChI=1S/C12H18ClN/c1-3-4-11(9-14-2)10-5-7-12(13)8-6-10/h5-8,11,14H,3-4,9H2,1-2H3. The summed E-state index contributed by atoms with van der Waals surface area (Å²) in [6, 6.07) is 8.18. The van der Waals surface area contributed by atoms with Crippen molar-refractivity contribution in [2.45, 2.75) is 25.7 Å². The first-order valence-corrected chi connectivity index (χ1v) is 5.55. The fourth-order valence-corrected chi connectivity index (χ4v) is 1.84. The van der Waals surface area contributed by atoms with Crippen molar-refractivity contribution in [3.8, 4) is 0 Å². The van der Waals surface area contributed by atoms with Gasteiger partial charge in [-0.1, -0.05) is 37.1 Å². The third-order valence-corrected chi connectivity index (χ3v) is 2.68. The van der Waals surface area contributed by atoms with Crippen LogP contribution in [-0.2, 0) is 0 Å². The second kappa shape index (κ2) is 6.05. The molecule has 1 atom stereocenters. The van der Waals surface area contributed by atoms with Gasteiger partial charge in [-0.25, -0.2) is 0 Å². The van der Waals surface area contributed by atoms with Crippen molar-refractivity contribution in [2.24, 2.45) is 0 Å². The molecule has 1 rings (SSSR count). The largest absolute Gasteiger partial charge is 0.319 e. The molecule has 0 bridgehead atoms. The average Bonchev–Trinajstić information content (AvgIpc) is 2.19. The van der Waals surface area contributed by atoms with Crippen molar-refractivity contribution in [2.75, 3.05) is 13.6 Å². The molecule has 1 aromatic rings. The van der Waals surface area contributed by atoms with E-state index in [0.717, 1.165) is 11.6 Å². The van der Waals surface area contributed by atoms with Gasteiger partial charge in [-0.05, 0) is 37.1 Å². The molecule has 1 aromatic carbocycles. The maximum atomic E-state index is 5.85. The molecule has 0 saturated heterocycles. The molecule has 1 unspecified atom stereocenters. The van der Waals surface area contributed by atoms with E-state index in [1.54, 1.807) is 0 Å². The SMILES string of the molecule is CCCC(CNC)c1ccc(Cl)cc1. The quantitative estimate of drug-likeness (QED) is 0.787. The third-order valence-electron chi connectivity index (χ3n) is 2.43. The van der Waals surface area contributed by atoms with Gasteiger partial charge in [-0.15, -0.1) is 0 Å². The van der Waals surface area contributed by atoms with Crippen molar-refractivity contribution in [3.05, 3.63) is 34.9 Å². The summed E-state index contributed by atoms with van der Waals surface area (Å²) in [5.74, 6) is 0.613. The first-order chi connectivity index (χ1) is 6.77. The summed E-state index contributed by atoms with van der Waals surface area (Å²) in [5, 5.41) is 4.05. The minimum Gasteiger partial charge on any atom is -0.319 e. The van der Waals surface area contributed by atoms with Crippen molar-refractivity contribution in [1.82, 2.24) is 5.32 Å². The molecule has 0 aliphatic rings. The lowest BCUT2D eigenvalue weighted by Gasteiger charge is -2.15. The minimum absolute atomic E-state index is 0.613. The van der Waals surface area contributed by atoms with Gasteiger partial charge >= 0.3 is 0 Å². The number of hydrogen-bond acceptors (Lipinski definition) is 1. The highest BCUT2D eigenvalue weighted by Gasteiger charge is 2.08. The molecule has 0 spiro atoms. The Labute approximate surface area is 91.5 Å². The minimum atomic E-state index is 0.613. The van der Waals surface area contributed by atoms with Crippen molar-refractivity contribution in [3.63, 3.8) is 0 Å². The Bertz CT molecular complexity index is 250. The van der Waals surface area contributed by atoms with E-state index in [-0.39, 0.29) is 0 Å². The molecule has 0 fully saturated rings. The van der Waals surface area contributed by atoms with Gasteiger partial charge in [0.1, 0.15) is 0 Å². The van der Waals surface area contributed by atoms with E-state index in [1.807, 2.05) is 19.2 Å². The zero-order chi connectivity index (χ0) is 10.4. The lowest BCUT2D eigenvalue weighted by atomic mass is 9.94. The van der Waals surface area contributed by atoms with E-state index in [1.165, 1.54) is 18.4 Å². The number of rotatable bonds is 5. The summed E-state index contributed by atoms with van der Waals surface area (Å²) in [6.07, 6.45) is 2.44. The van der Waals surface area contributed by atoms with Crippen LogP contribution in [0.15, 0.2) is 24.3 Å². The van der Waals surface area contributed by atoms with Gasteiger partial charge in [0.05, 0.1) is 0 Å². The maximum absolute atomic E-state index is 5.85. The molecule has 0 amide bonds. The highest BCUT2D eigenvalue weighted by atomic mass is 35.5. The zero-order valence-corrected chi connectivity index (χ0v) is 9.64. The Balaban J connectivity index is 2.71. The van der Waals surface area contributed by atoms with E-state index in [2.05, 4.69) is 24.4 Å². The summed E-state index contributed by atoms with van der Waals surface area (Å²) < 4.78 is 0. The van der Waals surface area contributed by atoms with Gasteiger partial charge in [-0.2, -0.15) is 0 Å². The fraction of sp³-hybridized carbons (Fsp3) is 0.500. The van der Waals surface area contributed by atoms with Crippen LogP contribution in [-0.4, -0.2) is 13.6 Å². The van der Waals surface area contributed by atoms with Crippen molar-refractivity contribution in [1.29, 1.82) is 0 Å². The Hall–Kier alpha value is -0.530. The van der Waals surface area contributed by atoms with Crippen LogP contribution in [0, 0.1) is 0 Å². The average molecular weight is 212 g/mol. The van der Waals surface area contributed by atoms with Gasteiger partial charge in [0.15, 0.2) is 0 Å². The maximum Gasteiger partial charge on any atom is 0.0406 e. The first-order valence-electron chi connectivity index (χ1n) is 5.18. The molecule has 78 valence electrons.